The third kappa shape index (κ3) is 3.71. The number of halogens is 3. The minimum atomic E-state index is -4.42. The maximum Gasteiger partial charge on any atom is 0.416 e. The minimum Gasteiger partial charge on any atom is -0.308 e. The third-order valence-corrected chi connectivity index (χ3v) is 2.93. The van der Waals surface area contributed by atoms with E-state index in [1.54, 1.807) is 0 Å². The molecule has 106 valence electrons. The summed E-state index contributed by atoms with van der Waals surface area (Å²) in [6.07, 6.45) is -1.24. The van der Waals surface area contributed by atoms with Crippen LogP contribution in [-0.2, 0) is 6.18 Å². The van der Waals surface area contributed by atoms with Crippen molar-refractivity contribution in [2.45, 2.75) is 25.4 Å². The van der Waals surface area contributed by atoms with Gasteiger partial charge in [-0.3, -0.25) is 0 Å². The van der Waals surface area contributed by atoms with Crippen LogP contribution in [0.15, 0.2) is 12.1 Å². The Morgan fingerprint density at radius 2 is 1.74 bits per heavy atom. The number of piperidine rings is 1. The molecule has 2 heterocycles. The molecule has 0 aromatic carbocycles. The number of hydrazine groups is 2. The largest absolute Gasteiger partial charge is 0.416 e. The van der Waals surface area contributed by atoms with Crippen molar-refractivity contribution in [2.24, 2.45) is 5.84 Å². The molecular formula is C11H16F3N5. The first-order valence-corrected chi connectivity index (χ1v) is 6.06. The highest BCUT2D eigenvalue weighted by Gasteiger charge is 2.31. The fourth-order valence-corrected chi connectivity index (χ4v) is 1.99. The quantitative estimate of drug-likeness (QED) is 0.583. The molecule has 0 saturated carbocycles. The zero-order valence-electron chi connectivity index (χ0n) is 10.3. The van der Waals surface area contributed by atoms with Crippen LogP contribution in [0.25, 0.3) is 0 Å². The lowest BCUT2D eigenvalue weighted by Gasteiger charge is -2.27. The second kappa shape index (κ2) is 5.62. The van der Waals surface area contributed by atoms with E-state index in [4.69, 9.17) is 5.84 Å². The van der Waals surface area contributed by atoms with Crippen LogP contribution in [0, 0.1) is 0 Å². The van der Waals surface area contributed by atoms with E-state index in [0.29, 0.717) is 0 Å². The Labute approximate surface area is 108 Å². The number of rotatable bonds is 3. The molecule has 0 unspecified atom stereocenters. The first-order valence-electron chi connectivity index (χ1n) is 6.06. The number of aromatic nitrogens is 1. The third-order valence-electron chi connectivity index (χ3n) is 2.93. The summed E-state index contributed by atoms with van der Waals surface area (Å²) >= 11 is 0. The van der Waals surface area contributed by atoms with Crippen LogP contribution in [0.5, 0.6) is 0 Å². The number of anilines is 2. The molecule has 0 bridgehead atoms. The van der Waals surface area contributed by atoms with Crippen molar-refractivity contribution < 1.29 is 13.2 Å². The van der Waals surface area contributed by atoms with Crippen LogP contribution in [0.1, 0.15) is 24.8 Å². The zero-order chi connectivity index (χ0) is 13.9. The molecule has 0 aliphatic carbocycles. The van der Waals surface area contributed by atoms with Gasteiger partial charge in [-0.05, 0) is 25.0 Å². The molecule has 1 saturated heterocycles. The Morgan fingerprint density at radius 1 is 1.11 bits per heavy atom. The van der Waals surface area contributed by atoms with Gasteiger partial charge >= 0.3 is 6.18 Å². The number of nitrogens with zero attached hydrogens (tertiary/aromatic N) is 2. The van der Waals surface area contributed by atoms with Gasteiger partial charge in [0.05, 0.1) is 5.56 Å². The SMILES string of the molecule is NNc1cc(C(F)(F)F)cc(NN2CCCCC2)n1. The molecule has 0 spiro atoms. The summed E-state index contributed by atoms with van der Waals surface area (Å²) in [5.41, 5.74) is 4.26. The van der Waals surface area contributed by atoms with Crippen LogP contribution in [0.3, 0.4) is 0 Å². The molecule has 1 fully saturated rings. The lowest BCUT2D eigenvalue weighted by Crippen LogP contribution is -2.35. The van der Waals surface area contributed by atoms with Crippen LogP contribution >= 0.6 is 0 Å². The normalized spacial score (nSPS) is 17.3. The molecule has 1 aromatic rings. The summed E-state index contributed by atoms with van der Waals surface area (Å²) in [4.78, 5) is 3.97. The highest BCUT2D eigenvalue weighted by molar-refractivity contribution is 5.48. The van der Waals surface area contributed by atoms with Gasteiger partial charge < -0.3 is 10.9 Å². The van der Waals surface area contributed by atoms with Crippen molar-refractivity contribution in [1.82, 2.24) is 9.99 Å². The summed E-state index contributed by atoms with van der Waals surface area (Å²) in [6.45, 7) is 1.59. The second-order valence-electron chi connectivity index (χ2n) is 4.43. The van der Waals surface area contributed by atoms with Crippen LogP contribution in [0.2, 0.25) is 0 Å². The topological polar surface area (TPSA) is 66.2 Å². The second-order valence-corrected chi connectivity index (χ2v) is 4.43. The van der Waals surface area contributed by atoms with Crippen molar-refractivity contribution in [3.05, 3.63) is 17.7 Å². The van der Waals surface area contributed by atoms with Gasteiger partial charge in [0, 0.05) is 13.1 Å². The van der Waals surface area contributed by atoms with Gasteiger partial charge in [-0.2, -0.15) is 13.2 Å². The number of hydrogen-bond donors (Lipinski definition) is 3. The van der Waals surface area contributed by atoms with Crippen molar-refractivity contribution >= 4 is 11.6 Å². The van der Waals surface area contributed by atoms with E-state index < -0.39 is 11.7 Å². The van der Waals surface area contributed by atoms with Crippen molar-refractivity contribution in [1.29, 1.82) is 0 Å². The first kappa shape index (κ1) is 13.9. The molecule has 0 radical (unpaired) electrons. The predicted molar refractivity (Wildman–Crippen MR) is 66.1 cm³/mol. The number of hydrogen-bond acceptors (Lipinski definition) is 5. The standard InChI is InChI=1S/C11H16F3N5/c12-11(13,14)8-6-9(17-15)16-10(7-8)18-19-4-2-1-3-5-19/h6-7H,1-5,15H2,(H2,16,17,18). The predicted octanol–water partition coefficient (Wildman–Crippen LogP) is 2.20. The van der Waals surface area contributed by atoms with Gasteiger partial charge in [0.2, 0.25) is 0 Å². The maximum absolute atomic E-state index is 12.7. The molecule has 8 heteroatoms. The van der Waals surface area contributed by atoms with Crippen molar-refractivity contribution in [2.75, 3.05) is 23.9 Å². The van der Waals surface area contributed by atoms with E-state index in [-0.39, 0.29) is 11.6 Å². The number of nitrogens with two attached hydrogens (primary N) is 1. The van der Waals surface area contributed by atoms with Gasteiger partial charge in [-0.25, -0.2) is 15.8 Å². The number of pyridine rings is 1. The summed E-state index contributed by atoms with van der Waals surface area (Å²) in [5, 5.41) is 1.87. The molecule has 0 atom stereocenters. The van der Waals surface area contributed by atoms with Gasteiger partial charge in [-0.1, -0.05) is 6.42 Å². The van der Waals surface area contributed by atoms with Crippen molar-refractivity contribution in [3.63, 3.8) is 0 Å². The minimum absolute atomic E-state index is 0.0191. The fraction of sp³-hybridized carbons (Fsp3) is 0.545. The van der Waals surface area contributed by atoms with E-state index in [0.717, 1.165) is 44.5 Å². The molecule has 2 rings (SSSR count). The van der Waals surface area contributed by atoms with Gasteiger partial charge in [0.25, 0.3) is 0 Å². The van der Waals surface area contributed by atoms with E-state index in [9.17, 15) is 13.2 Å². The Bertz CT molecular complexity index is 429. The van der Waals surface area contributed by atoms with E-state index in [2.05, 4.69) is 15.8 Å². The number of nitrogen functional groups attached to an aromatic ring is 1. The average molecular weight is 275 g/mol. The van der Waals surface area contributed by atoms with Crippen molar-refractivity contribution in [3.8, 4) is 0 Å². The molecule has 1 aliphatic rings. The highest BCUT2D eigenvalue weighted by atomic mass is 19.4. The lowest BCUT2D eigenvalue weighted by atomic mass is 10.2. The fourth-order valence-electron chi connectivity index (χ4n) is 1.99. The summed E-state index contributed by atoms with van der Waals surface area (Å²) in [6, 6.07) is 1.86. The van der Waals surface area contributed by atoms with E-state index >= 15 is 0 Å². The van der Waals surface area contributed by atoms with Gasteiger partial charge in [0.1, 0.15) is 11.6 Å². The summed E-state index contributed by atoms with van der Waals surface area (Å²) < 4.78 is 38.2. The average Bonchev–Trinajstić information content (AvgIpc) is 2.38. The number of nitrogens with one attached hydrogen (secondary N) is 2. The molecular weight excluding hydrogens is 259 g/mol. The Morgan fingerprint density at radius 3 is 2.32 bits per heavy atom. The Hall–Kier alpha value is -1.54. The molecule has 1 aromatic heterocycles. The molecule has 0 amide bonds. The Kier molecular flexibility index (Phi) is 4.11. The van der Waals surface area contributed by atoms with Gasteiger partial charge in [-0.15, -0.1) is 0 Å². The zero-order valence-corrected chi connectivity index (χ0v) is 10.3. The maximum atomic E-state index is 12.7. The van der Waals surface area contributed by atoms with Gasteiger partial charge in [0.15, 0.2) is 0 Å². The molecule has 5 nitrogen and oxygen atoms in total. The Balaban J connectivity index is 2.19. The van der Waals surface area contributed by atoms with Crippen LogP contribution in [-0.4, -0.2) is 23.1 Å². The first-order chi connectivity index (χ1) is 8.99. The lowest BCUT2D eigenvalue weighted by molar-refractivity contribution is -0.137. The molecule has 4 N–H and O–H groups in total. The van der Waals surface area contributed by atoms with Crippen LogP contribution in [0.4, 0.5) is 24.8 Å². The molecule has 1 aliphatic heterocycles. The van der Waals surface area contributed by atoms with E-state index in [1.807, 2.05) is 5.01 Å². The van der Waals surface area contributed by atoms with Crippen LogP contribution < -0.4 is 16.7 Å². The highest BCUT2D eigenvalue weighted by Crippen LogP contribution is 2.32. The summed E-state index contributed by atoms with van der Waals surface area (Å²) in [7, 11) is 0. The number of alkyl halides is 3. The van der Waals surface area contributed by atoms with E-state index in [1.165, 1.54) is 0 Å². The molecule has 19 heavy (non-hydrogen) atoms. The summed E-state index contributed by atoms with van der Waals surface area (Å²) in [5.74, 6) is 5.27. The smallest absolute Gasteiger partial charge is 0.308 e. The monoisotopic (exact) mass is 275 g/mol.